The smallest absolute Gasteiger partial charge is 0.434 e. The zero-order chi connectivity index (χ0) is 30.8. The Morgan fingerprint density at radius 2 is 1.34 bits per heavy atom. The molecule has 41 heavy (non-hydrogen) atoms. The fourth-order valence-electron chi connectivity index (χ4n) is 4.44. The number of carbonyl (C=O) groups is 1. The molecule has 0 bridgehead atoms. The molecule has 0 aromatic rings. The van der Waals surface area contributed by atoms with Gasteiger partial charge in [-0.25, -0.2) is 4.79 Å². The number of allylic oxidation sites excluding steroid dienone is 4. The molecule has 1 atom stereocenters. The van der Waals surface area contributed by atoms with Crippen LogP contribution in [0.5, 0.6) is 0 Å². The third-order valence-corrected chi connectivity index (χ3v) is 13.0. The van der Waals surface area contributed by atoms with E-state index in [1.165, 1.54) is 64.2 Å². The second-order valence-corrected chi connectivity index (χ2v) is 17.8. The average molecular weight is 596 g/mol. The minimum Gasteiger partial charge on any atom is -0.434 e. The highest BCUT2D eigenvalue weighted by molar-refractivity contribution is 6.74. The lowest BCUT2D eigenvalue weighted by molar-refractivity contribution is 0.0110. The maximum absolute atomic E-state index is 12.4. The van der Waals surface area contributed by atoms with E-state index in [1.807, 2.05) is 0 Å². The molecule has 0 fully saturated rings. The van der Waals surface area contributed by atoms with E-state index in [0.29, 0.717) is 13.2 Å². The molecule has 0 aliphatic carbocycles. The summed E-state index contributed by atoms with van der Waals surface area (Å²) in [5, 5.41) is 0.174. The summed E-state index contributed by atoms with van der Waals surface area (Å²) in [6.45, 7) is 21.9. The molecule has 5 nitrogen and oxygen atoms in total. The molecule has 0 saturated heterocycles. The van der Waals surface area contributed by atoms with Crippen LogP contribution in [0.25, 0.3) is 0 Å². The van der Waals surface area contributed by atoms with Crippen LogP contribution in [0.2, 0.25) is 18.1 Å². The minimum atomic E-state index is -1.82. The highest BCUT2D eigenvalue weighted by atomic mass is 28.4. The Hall–Kier alpha value is -1.11. The molecule has 0 N–H and O–H groups in total. The van der Waals surface area contributed by atoms with Gasteiger partial charge in [0.15, 0.2) is 8.32 Å². The van der Waals surface area contributed by atoms with Gasteiger partial charge in [0.25, 0.3) is 0 Å². The summed E-state index contributed by atoms with van der Waals surface area (Å²) in [5.74, 6) is 0. The first-order chi connectivity index (χ1) is 19.6. The van der Waals surface area contributed by atoms with Crippen LogP contribution in [0, 0.1) is 0 Å². The fraction of sp³-hybridized carbons (Fsp3) is 0.857. The van der Waals surface area contributed by atoms with Gasteiger partial charge in [-0.2, -0.15) is 0 Å². The Balaban J connectivity index is 4.29. The van der Waals surface area contributed by atoms with E-state index in [2.05, 4.69) is 83.8 Å². The third kappa shape index (κ3) is 23.1. The molecule has 0 aromatic carbocycles. The van der Waals surface area contributed by atoms with Gasteiger partial charge in [-0.15, -0.1) is 0 Å². The number of hydrogen-bond acceptors (Lipinski definition) is 5. The predicted molar refractivity (Wildman–Crippen MR) is 180 cm³/mol. The highest BCUT2D eigenvalue weighted by Gasteiger charge is 2.37. The zero-order valence-electron chi connectivity index (χ0n) is 28.6. The SMILES string of the molecule is CCCCC/C=C\C/C=C\CCCCCCCCC(CCO[Si](C)(C)C(C)(C)C)OC(=O)OCCCN(CC)CC. The summed E-state index contributed by atoms with van der Waals surface area (Å²) in [6.07, 6.45) is 25.8. The first-order valence-corrected chi connectivity index (χ1v) is 20.0. The second kappa shape index (κ2) is 25.4. The van der Waals surface area contributed by atoms with Crippen molar-refractivity contribution in [3.05, 3.63) is 24.3 Å². The van der Waals surface area contributed by atoms with Crippen LogP contribution in [-0.4, -0.2) is 58.3 Å². The number of ether oxygens (including phenoxy) is 2. The van der Waals surface area contributed by atoms with Crippen molar-refractivity contribution < 1.29 is 18.7 Å². The van der Waals surface area contributed by atoms with Crippen molar-refractivity contribution >= 4 is 14.5 Å². The summed E-state index contributed by atoms with van der Waals surface area (Å²) >= 11 is 0. The van der Waals surface area contributed by atoms with Crippen molar-refractivity contribution in [3.8, 4) is 0 Å². The van der Waals surface area contributed by atoms with Crippen LogP contribution in [0.1, 0.15) is 138 Å². The van der Waals surface area contributed by atoms with E-state index >= 15 is 0 Å². The van der Waals surface area contributed by atoms with E-state index in [4.69, 9.17) is 13.9 Å². The molecular formula is C35H69NO4Si. The average Bonchev–Trinajstić information content (AvgIpc) is 2.92. The Morgan fingerprint density at radius 3 is 1.93 bits per heavy atom. The Bertz CT molecular complexity index is 668. The van der Waals surface area contributed by atoms with Crippen LogP contribution in [-0.2, 0) is 13.9 Å². The summed E-state index contributed by atoms with van der Waals surface area (Å²) < 4.78 is 17.6. The Kier molecular flexibility index (Phi) is 24.7. The van der Waals surface area contributed by atoms with Crippen molar-refractivity contribution in [1.29, 1.82) is 0 Å². The maximum atomic E-state index is 12.4. The molecule has 0 heterocycles. The second-order valence-electron chi connectivity index (χ2n) is 13.0. The van der Waals surface area contributed by atoms with Gasteiger partial charge in [0.1, 0.15) is 6.10 Å². The van der Waals surface area contributed by atoms with E-state index < -0.39 is 14.5 Å². The molecule has 0 amide bonds. The molecule has 1 unspecified atom stereocenters. The van der Waals surface area contributed by atoms with Crippen molar-refractivity contribution in [3.63, 3.8) is 0 Å². The van der Waals surface area contributed by atoms with Gasteiger partial charge < -0.3 is 18.8 Å². The van der Waals surface area contributed by atoms with Gasteiger partial charge in [-0.3, -0.25) is 0 Å². The van der Waals surface area contributed by atoms with E-state index in [9.17, 15) is 4.79 Å². The summed E-state index contributed by atoms with van der Waals surface area (Å²) in [4.78, 5) is 14.8. The maximum Gasteiger partial charge on any atom is 0.508 e. The number of carbonyl (C=O) groups excluding carboxylic acids is 1. The van der Waals surface area contributed by atoms with Gasteiger partial charge in [-0.05, 0) is 82.6 Å². The van der Waals surface area contributed by atoms with Crippen LogP contribution >= 0.6 is 0 Å². The quantitative estimate of drug-likeness (QED) is 0.0431. The van der Waals surface area contributed by atoms with Gasteiger partial charge in [-0.1, -0.05) is 104 Å². The lowest BCUT2D eigenvalue weighted by Crippen LogP contribution is -2.41. The summed E-state index contributed by atoms with van der Waals surface area (Å²) in [5.41, 5.74) is 0. The monoisotopic (exact) mass is 595 g/mol. The molecule has 0 saturated carbocycles. The van der Waals surface area contributed by atoms with Crippen molar-refractivity contribution in [2.45, 2.75) is 162 Å². The number of nitrogens with zero attached hydrogens (tertiary/aromatic N) is 1. The summed E-state index contributed by atoms with van der Waals surface area (Å²) in [6, 6.07) is 0. The first-order valence-electron chi connectivity index (χ1n) is 17.1. The number of unbranched alkanes of at least 4 members (excludes halogenated alkanes) is 9. The molecule has 0 aromatic heterocycles. The fourth-order valence-corrected chi connectivity index (χ4v) is 5.50. The number of hydrogen-bond donors (Lipinski definition) is 0. The van der Waals surface area contributed by atoms with Gasteiger partial charge in [0.2, 0.25) is 0 Å². The van der Waals surface area contributed by atoms with Gasteiger partial charge >= 0.3 is 6.16 Å². The van der Waals surface area contributed by atoms with Crippen LogP contribution in [0.4, 0.5) is 4.79 Å². The van der Waals surface area contributed by atoms with Crippen molar-refractivity contribution in [2.24, 2.45) is 0 Å². The standard InChI is InChI=1S/C35H69NO4Si/c1-9-12-13-14-15-16-17-18-19-20-21-22-23-24-25-26-28-33(29-32-39-41(7,8)35(4,5)6)40-34(37)38-31-27-30-36(10-2)11-3/h15-16,18-19,33H,9-14,17,20-32H2,1-8H3/b16-15-,19-18-. The topological polar surface area (TPSA) is 48.0 Å². The molecule has 0 aliphatic rings. The molecule has 242 valence electrons. The first kappa shape index (κ1) is 39.9. The molecule has 0 spiro atoms. The minimum absolute atomic E-state index is 0.138. The largest absolute Gasteiger partial charge is 0.508 e. The predicted octanol–water partition coefficient (Wildman–Crippen LogP) is 10.9. The number of rotatable bonds is 26. The molecule has 0 radical (unpaired) electrons. The molecule has 0 aliphatic heterocycles. The highest BCUT2D eigenvalue weighted by Crippen LogP contribution is 2.36. The Labute approximate surface area is 257 Å². The van der Waals surface area contributed by atoms with Gasteiger partial charge in [0, 0.05) is 19.6 Å². The van der Waals surface area contributed by atoms with Crippen LogP contribution < -0.4 is 0 Å². The molecular weight excluding hydrogens is 526 g/mol. The van der Waals surface area contributed by atoms with Crippen molar-refractivity contribution in [1.82, 2.24) is 4.90 Å². The van der Waals surface area contributed by atoms with Crippen LogP contribution in [0.3, 0.4) is 0 Å². The molecule has 6 heteroatoms. The van der Waals surface area contributed by atoms with E-state index in [1.54, 1.807) is 0 Å². The Morgan fingerprint density at radius 1 is 0.756 bits per heavy atom. The molecule has 0 rings (SSSR count). The van der Waals surface area contributed by atoms with E-state index in [-0.39, 0.29) is 11.1 Å². The van der Waals surface area contributed by atoms with Crippen LogP contribution in [0.15, 0.2) is 24.3 Å². The van der Waals surface area contributed by atoms with Gasteiger partial charge in [0.05, 0.1) is 6.61 Å². The van der Waals surface area contributed by atoms with Crippen molar-refractivity contribution in [2.75, 3.05) is 32.8 Å². The lowest BCUT2D eigenvalue weighted by atomic mass is 10.0. The summed E-state index contributed by atoms with van der Waals surface area (Å²) in [7, 11) is -1.82. The van der Waals surface area contributed by atoms with E-state index in [0.717, 1.165) is 51.7 Å². The lowest BCUT2D eigenvalue weighted by Gasteiger charge is -2.36. The third-order valence-electron chi connectivity index (χ3n) is 8.43. The normalized spacial score (nSPS) is 13.5. The zero-order valence-corrected chi connectivity index (χ0v) is 29.6.